The van der Waals surface area contributed by atoms with E-state index in [1.807, 2.05) is 18.2 Å². The van der Waals surface area contributed by atoms with Crippen LogP contribution in [0.15, 0.2) is 66.3 Å². The number of anilines is 1. The summed E-state index contributed by atoms with van der Waals surface area (Å²) < 4.78 is 6.62. The van der Waals surface area contributed by atoms with Gasteiger partial charge in [0.2, 0.25) is 11.8 Å². The Bertz CT molecular complexity index is 1630. The van der Waals surface area contributed by atoms with Gasteiger partial charge in [-0.05, 0) is 80.3 Å². The first-order valence-electron chi connectivity index (χ1n) is 13.9. The largest absolute Gasteiger partial charge is 0.437 e. The van der Waals surface area contributed by atoms with E-state index >= 15 is 0 Å². The van der Waals surface area contributed by atoms with Gasteiger partial charge >= 0.3 is 0 Å². The van der Waals surface area contributed by atoms with Crippen molar-refractivity contribution in [1.29, 1.82) is 0 Å². The minimum Gasteiger partial charge on any atom is -0.437 e. The van der Waals surface area contributed by atoms with Crippen LogP contribution in [-0.2, 0) is 12.8 Å². The van der Waals surface area contributed by atoms with Gasteiger partial charge < -0.3 is 15.4 Å². The Kier molecular flexibility index (Phi) is 7.71. The molecule has 0 spiro atoms. The van der Waals surface area contributed by atoms with Crippen LogP contribution in [0.1, 0.15) is 35.2 Å². The van der Waals surface area contributed by atoms with Gasteiger partial charge in [0.05, 0.1) is 22.0 Å². The highest BCUT2D eigenvalue weighted by Crippen LogP contribution is 2.37. The molecule has 3 aromatic heterocycles. The number of ether oxygens (including phenoxy) is 1. The van der Waals surface area contributed by atoms with E-state index < -0.39 is 0 Å². The quantitative estimate of drug-likeness (QED) is 0.221. The predicted octanol–water partition coefficient (Wildman–Crippen LogP) is 6.75. The molecule has 0 bridgehead atoms. The Morgan fingerprint density at radius 3 is 2.73 bits per heavy atom. The van der Waals surface area contributed by atoms with Gasteiger partial charge in [-0.3, -0.25) is 0 Å². The fraction of sp³-hybridized carbons (Fsp3) is 0.312. The standard InChI is InChI=1S/C32H34N6OS/c1-20-16-25(18-33-17-20)37-32-35-15-13-29(38-32)28-8-5-14-34-31(28)39-30-21(2)9-12-26-23(6-4-7-27(26)30)10-11-24-19-40-22(3)36-24/h4-9,12-15,19-20,25,33H,10-11,16-18H2,1-3H3,(H,35,37,38)/t20-,25+/m1/s1. The number of fused-ring (bicyclic) bond motifs is 1. The van der Waals surface area contributed by atoms with Crippen molar-refractivity contribution in [2.24, 2.45) is 5.92 Å². The lowest BCUT2D eigenvalue weighted by Gasteiger charge is -2.28. The van der Waals surface area contributed by atoms with Gasteiger partial charge in [-0.25, -0.2) is 19.9 Å². The van der Waals surface area contributed by atoms with Crippen molar-refractivity contribution < 1.29 is 4.74 Å². The summed E-state index contributed by atoms with van der Waals surface area (Å²) in [7, 11) is 0. The summed E-state index contributed by atoms with van der Waals surface area (Å²) in [5.41, 5.74) is 5.09. The molecule has 0 aliphatic carbocycles. The van der Waals surface area contributed by atoms with Gasteiger partial charge in [-0.2, -0.15) is 0 Å². The number of thiazole rings is 1. The molecule has 2 atom stereocenters. The first-order valence-corrected chi connectivity index (χ1v) is 14.8. The topological polar surface area (TPSA) is 84.9 Å². The smallest absolute Gasteiger partial charge is 0.228 e. The molecule has 0 amide bonds. The molecule has 4 heterocycles. The number of aryl methyl sites for hydroxylation is 4. The monoisotopic (exact) mass is 550 g/mol. The van der Waals surface area contributed by atoms with Crippen molar-refractivity contribution in [2.75, 3.05) is 18.4 Å². The maximum atomic E-state index is 6.62. The first kappa shape index (κ1) is 26.3. The number of nitrogens with one attached hydrogen (secondary N) is 2. The number of benzene rings is 2. The Morgan fingerprint density at radius 2 is 1.88 bits per heavy atom. The molecule has 1 aliphatic heterocycles. The fourth-order valence-electron chi connectivity index (χ4n) is 5.43. The SMILES string of the molecule is Cc1nc(CCc2cccc3c(Oc4ncccc4-c4ccnc(N[C@@H]5CNC[C@H](C)C5)n4)c(C)ccc23)cs1. The van der Waals surface area contributed by atoms with Gasteiger partial charge in [0.1, 0.15) is 5.75 Å². The second-order valence-electron chi connectivity index (χ2n) is 10.6. The van der Waals surface area contributed by atoms with Crippen LogP contribution in [0.4, 0.5) is 5.95 Å². The van der Waals surface area contributed by atoms with Crippen molar-refractivity contribution in [1.82, 2.24) is 25.3 Å². The van der Waals surface area contributed by atoms with Crippen LogP contribution in [0.5, 0.6) is 11.6 Å². The van der Waals surface area contributed by atoms with Crippen LogP contribution in [0.25, 0.3) is 22.0 Å². The molecule has 1 aliphatic rings. The molecule has 2 N–H and O–H groups in total. The molecule has 5 aromatic rings. The molecular formula is C32H34N6OS. The van der Waals surface area contributed by atoms with E-state index in [2.05, 4.69) is 82.1 Å². The summed E-state index contributed by atoms with van der Waals surface area (Å²) in [5.74, 6) is 2.58. The van der Waals surface area contributed by atoms with Crippen LogP contribution >= 0.6 is 11.3 Å². The average Bonchev–Trinajstić information content (AvgIpc) is 3.38. The highest BCUT2D eigenvalue weighted by atomic mass is 32.1. The number of nitrogens with zero attached hydrogens (tertiary/aromatic N) is 4. The molecule has 6 rings (SSSR count). The third-order valence-corrected chi connectivity index (χ3v) is 8.24. The Hall–Kier alpha value is -3.88. The van der Waals surface area contributed by atoms with Crippen LogP contribution in [0.2, 0.25) is 0 Å². The summed E-state index contributed by atoms with van der Waals surface area (Å²) in [5, 5.41) is 12.5. The van der Waals surface area contributed by atoms with E-state index in [9.17, 15) is 0 Å². The molecule has 1 saturated heterocycles. The van der Waals surface area contributed by atoms with E-state index in [4.69, 9.17) is 9.72 Å². The van der Waals surface area contributed by atoms with Crippen molar-refractivity contribution in [2.45, 2.75) is 46.1 Å². The Morgan fingerprint density at radius 1 is 0.950 bits per heavy atom. The number of pyridine rings is 1. The third-order valence-electron chi connectivity index (χ3n) is 7.42. The fourth-order valence-corrected chi connectivity index (χ4v) is 6.08. The second kappa shape index (κ2) is 11.7. The molecule has 0 saturated carbocycles. The van der Waals surface area contributed by atoms with Gasteiger partial charge in [-0.1, -0.05) is 37.3 Å². The number of rotatable bonds is 8. The molecule has 7 nitrogen and oxygen atoms in total. The van der Waals surface area contributed by atoms with Gasteiger partial charge in [-0.15, -0.1) is 11.3 Å². The minimum absolute atomic E-state index is 0.302. The molecule has 8 heteroatoms. The van der Waals surface area contributed by atoms with E-state index in [-0.39, 0.29) is 0 Å². The zero-order valence-electron chi connectivity index (χ0n) is 23.1. The van der Waals surface area contributed by atoms with Crippen LogP contribution < -0.4 is 15.4 Å². The molecule has 0 unspecified atom stereocenters. The summed E-state index contributed by atoms with van der Waals surface area (Å²) in [6.07, 6.45) is 6.48. The summed E-state index contributed by atoms with van der Waals surface area (Å²) in [4.78, 5) is 18.6. The number of hydrogen-bond acceptors (Lipinski definition) is 8. The summed E-state index contributed by atoms with van der Waals surface area (Å²) in [6, 6.07) is 16.9. The molecular weight excluding hydrogens is 516 g/mol. The van der Waals surface area contributed by atoms with Crippen molar-refractivity contribution in [3.63, 3.8) is 0 Å². The van der Waals surface area contributed by atoms with E-state index in [0.29, 0.717) is 23.8 Å². The van der Waals surface area contributed by atoms with Crippen molar-refractivity contribution in [3.8, 4) is 22.9 Å². The van der Waals surface area contributed by atoms with Crippen LogP contribution in [0.3, 0.4) is 0 Å². The maximum Gasteiger partial charge on any atom is 0.228 e. The minimum atomic E-state index is 0.302. The average molecular weight is 551 g/mol. The number of hydrogen-bond donors (Lipinski definition) is 2. The number of piperidine rings is 1. The summed E-state index contributed by atoms with van der Waals surface area (Å²) >= 11 is 1.70. The van der Waals surface area contributed by atoms with E-state index in [1.54, 1.807) is 23.7 Å². The second-order valence-corrected chi connectivity index (χ2v) is 11.7. The normalized spacial score (nSPS) is 17.2. The molecule has 1 fully saturated rings. The Labute approximate surface area is 239 Å². The highest BCUT2D eigenvalue weighted by Gasteiger charge is 2.20. The molecule has 0 radical (unpaired) electrons. The van der Waals surface area contributed by atoms with Gasteiger partial charge in [0.25, 0.3) is 0 Å². The van der Waals surface area contributed by atoms with Crippen LogP contribution in [0, 0.1) is 19.8 Å². The molecule has 2 aromatic carbocycles. The van der Waals surface area contributed by atoms with Crippen molar-refractivity contribution in [3.05, 3.63) is 88.1 Å². The van der Waals surface area contributed by atoms with E-state index in [0.717, 1.165) is 71.0 Å². The Balaban J connectivity index is 1.29. The lowest BCUT2D eigenvalue weighted by Crippen LogP contribution is -2.42. The lowest BCUT2D eigenvalue weighted by molar-refractivity contribution is 0.377. The third kappa shape index (κ3) is 5.83. The molecule has 204 valence electrons. The van der Waals surface area contributed by atoms with Gasteiger partial charge in [0.15, 0.2) is 0 Å². The maximum absolute atomic E-state index is 6.62. The van der Waals surface area contributed by atoms with Crippen molar-refractivity contribution >= 4 is 28.1 Å². The molecule has 40 heavy (non-hydrogen) atoms. The summed E-state index contributed by atoms with van der Waals surface area (Å²) in [6.45, 7) is 8.35. The van der Waals surface area contributed by atoms with Gasteiger partial charge in [0, 0.05) is 35.7 Å². The predicted molar refractivity (Wildman–Crippen MR) is 162 cm³/mol. The zero-order valence-corrected chi connectivity index (χ0v) is 24.0. The van der Waals surface area contributed by atoms with E-state index in [1.165, 1.54) is 10.9 Å². The first-order chi connectivity index (χ1) is 19.5. The number of aromatic nitrogens is 4. The van der Waals surface area contributed by atoms with Crippen LogP contribution in [-0.4, -0.2) is 39.1 Å². The zero-order chi connectivity index (χ0) is 27.5. The highest BCUT2D eigenvalue weighted by molar-refractivity contribution is 7.09. The lowest BCUT2D eigenvalue weighted by atomic mass is 9.98.